The van der Waals surface area contributed by atoms with Gasteiger partial charge >= 0.3 is 0 Å². The summed E-state index contributed by atoms with van der Waals surface area (Å²) in [5.41, 5.74) is 19.8. The summed E-state index contributed by atoms with van der Waals surface area (Å²) in [6, 6.07) is 97.3. The van der Waals surface area contributed by atoms with Crippen molar-refractivity contribution in [2.45, 2.75) is 6.92 Å². The summed E-state index contributed by atoms with van der Waals surface area (Å²) in [4.78, 5) is 15.4. The average Bonchev–Trinajstić information content (AvgIpc) is 4.02. The topological polar surface area (TPSA) is 42.1 Å². The molecule has 0 amide bonds. The minimum atomic E-state index is 0.828. The standard InChI is InChI=1S/C69H48N6/c1-47-17-16-26-62-67(47)71-69(49-33-37-53(38-34-49)73(51-20-6-3-7-21-51)55-41-45-57(46-42-55)75-65-29-14-10-24-60(65)61-25-11-15-30-66(61)75)68(70-62)48-31-35-52(36-32-48)72(50-18-4-2-5-19-50)54-39-43-56(44-40-54)74-63-27-12-8-22-58(63)59-23-9-13-28-64(59)74/h2-46H,1H3. The monoisotopic (exact) mass is 960 g/mol. The lowest BCUT2D eigenvalue weighted by atomic mass is 10.0. The van der Waals surface area contributed by atoms with E-state index in [2.05, 4.69) is 299 Å². The summed E-state index contributed by atoms with van der Waals surface area (Å²) < 4.78 is 4.72. The zero-order valence-corrected chi connectivity index (χ0v) is 41.2. The maximum atomic E-state index is 5.42. The van der Waals surface area contributed by atoms with E-state index in [-0.39, 0.29) is 0 Å². The molecule has 0 bridgehead atoms. The fourth-order valence-corrected chi connectivity index (χ4v) is 11.1. The Labute approximate surface area is 434 Å². The largest absolute Gasteiger partial charge is 0.311 e. The van der Waals surface area contributed by atoms with E-state index in [9.17, 15) is 0 Å². The van der Waals surface area contributed by atoms with Crippen molar-refractivity contribution in [3.05, 3.63) is 279 Å². The lowest BCUT2D eigenvalue weighted by molar-refractivity contribution is 1.17. The first-order chi connectivity index (χ1) is 37.1. The van der Waals surface area contributed by atoms with E-state index >= 15 is 0 Å². The first kappa shape index (κ1) is 43.7. The van der Waals surface area contributed by atoms with E-state index in [1.807, 2.05) is 0 Å². The highest BCUT2D eigenvalue weighted by molar-refractivity contribution is 6.10. The summed E-state index contributed by atoms with van der Waals surface area (Å²) in [7, 11) is 0. The van der Waals surface area contributed by atoms with E-state index in [1.54, 1.807) is 0 Å². The van der Waals surface area contributed by atoms with Crippen LogP contribution in [-0.4, -0.2) is 19.1 Å². The summed E-state index contributed by atoms with van der Waals surface area (Å²) in [5.74, 6) is 0. The van der Waals surface area contributed by atoms with Crippen LogP contribution in [0.25, 0.3) is 88.5 Å². The maximum absolute atomic E-state index is 5.42. The van der Waals surface area contributed by atoms with Crippen molar-refractivity contribution in [3.8, 4) is 33.9 Å². The number of hydrogen-bond acceptors (Lipinski definition) is 4. The van der Waals surface area contributed by atoms with Gasteiger partial charge < -0.3 is 18.9 Å². The molecule has 0 N–H and O–H groups in total. The maximum Gasteiger partial charge on any atom is 0.0973 e. The fraction of sp³-hybridized carbons (Fsp3) is 0.0145. The van der Waals surface area contributed by atoms with E-state index < -0.39 is 0 Å². The molecular formula is C69H48N6. The molecule has 0 radical (unpaired) electrons. The summed E-state index contributed by atoms with van der Waals surface area (Å²) in [5, 5.41) is 4.99. The van der Waals surface area contributed by atoms with Crippen LogP contribution in [0, 0.1) is 6.92 Å². The molecule has 14 aromatic rings. The Morgan fingerprint density at radius 1 is 0.280 bits per heavy atom. The van der Waals surface area contributed by atoms with Gasteiger partial charge in [-0.3, -0.25) is 0 Å². The third-order valence-electron chi connectivity index (χ3n) is 14.6. The molecule has 75 heavy (non-hydrogen) atoms. The van der Waals surface area contributed by atoms with Gasteiger partial charge in [0.2, 0.25) is 0 Å². The van der Waals surface area contributed by atoms with Gasteiger partial charge in [0, 0.05) is 78.2 Å². The van der Waals surface area contributed by atoms with Crippen LogP contribution in [-0.2, 0) is 0 Å². The number of fused-ring (bicyclic) bond motifs is 7. The third kappa shape index (κ3) is 7.58. The minimum absolute atomic E-state index is 0.828. The Kier molecular flexibility index (Phi) is 10.6. The molecule has 0 aliphatic rings. The van der Waals surface area contributed by atoms with Crippen LogP contribution in [0.2, 0.25) is 0 Å². The van der Waals surface area contributed by atoms with Crippen LogP contribution in [0.5, 0.6) is 0 Å². The highest BCUT2D eigenvalue weighted by atomic mass is 15.1. The summed E-state index contributed by atoms with van der Waals surface area (Å²) in [6.07, 6.45) is 0. The highest BCUT2D eigenvalue weighted by Crippen LogP contribution is 2.42. The van der Waals surface area contributed by atoms with Crippen LogP contribution in [0.15, 0.2) is 273 Å². The molecule has 0 saturated heterocycles. The van der Waals surface area contributed by atoms with Crippen LogP contribution >= 0.6 is 0 Å². The molecule has 0 aliphatic carbocycles. The van der Waals surface area contributed by atoms with Crippen LogP contribution in [0.1, 0.15) is 5.56 Å². The van der Waals surface area contributed by atoms with Crippen molar-refractivity contribution in [2.24, 2.45) is 0 Å². The van der Waals surface area contributed by atoms with Gasteiger partial charge in [0.1, 0.15) is 0 Å². The van der Waals surface area contributed by atoms with Gasteiger partial charge in [-0.1, -0.05) is 146 Å². The molecule has 3 heterocycles. The average molecular weight is 961 g/mol. The van der Waals surface area contributed by atoms with Gasteiger partial charge in [0.05, 0.1) is 44.5 Å². The number of hydrogen-bond donors (Lipinski definition) is 0. The Morgan fingerprint density at radius 3 is 0.987 bits per heavy atom. The Morgan fingerprint density at radius 2 is 0.600 bits per heavy atom. The second kappa shape index (κ2) is 18.2. The lowest BCUT2D eigenvalue weighted by Crippen LogP contribution is -2.10. The number of aromatic nitrogens is 4. The molecule has 0 unspecified atom stereocenters. The molecule has 3 aromatic heterocycles. The van der Waals surface area contributed by atoms with Gasteiger partial charge in [0.25, 0.3) is 0 Å². The van der Waals surface area contributed by atoms with Crippen molar-refractivity contribution in [1.29, 1.82) is 0 Å². The number of anilines is 6. The molecule has 0 saturated carbocycles. The second-order valence-corrected chi connectivity index (χ2v) is 19.1. The molecule has 14 rings (SSSR count). The first-order valence-corrected chi connectivity index (χ1v) is 25.5. The second-order valence-electron chi connectivity index (χ2n) is 19.1. The van der Waals surface area contributed by atoms with Crippen molar-refractivity contribution < 1.29 is 0 Å². The smallest absolute Gasteiger partial charge is 0.0973 e. The number of nitrogens with zero attached hydrogens (tertiary/aromatic N) is 6. The van der Waals surface area contributed by atoms with E-state index in [1.165, 1.54) is 43.6 Å². The zero-order chi connectivity index (χ0) is 49.8. The predicted molar refractivity (Wildman–Crippen MR) is 313 cm³/mol. The van der Waals surface area contributed by atoms with Crippen LogP contribution in [0.3, 0.4) is 0 Å². The normalized spacial score (nSPS) is 11.5. The number of rotatable bonds is 10. The molecule has 6 nitrogen and oxygen atoms in total. The van der Waals surface area contributed by atoms with E-state index in [4.69, 9.17) is 9.97 Å². The summed E-state index contributed by atoms with van der Waals surface area (Å²) >= 11 is 0. The van der Waals surface area contributed by atoms with Gasteiger partial charge in [-0.2, -0.15) is 0 Å². The number of aryl methyl sites for hydroxylation is 1. The van der Waals surface area contributed by atoms with Crippen molar-refractivity contribution >= 4 is 88.8 Å². The molecular weight excluding hydrogens is 913 g/mol. The van der Waals surface area contributed by atoms with Gasteiger partial charge in [0.15, 0.2) is 0 Å². The van der Waals surface area contributed by atoms with Crippen molar-refractivity contribution in [1.82, 2.24) is 19.1 Å². The zero-order valence-electron chi connectivity index (χ0n) is 41.2. The van der Waals surface area contributed by atoms with Gasteiger partial charge in [-0.25, -0.2) is 9.97 Å². The molecule has 6 heteroatoms. The SMILES string of the molecule is Cc1cccc2nc(-c3ccc(N(c4ccccc4)c4ccc(-n5c6ccccc6c6ccccc65)cc4)cc3)c(-c3ccc(N(c4ccccc4)c4ccc(-n5c6ccccc6c6ccccc65)cc4)cc3)nc12. The highest BCUT2D eigenvalue weighted by Gasteiger charge is 2.20. The predicted octanol–water partition coefficient (Wildman–Crippen LogP) is 18.4. The van der Waals surface area contributed by atoms with Gasteiger partial charge in [-0.15, -0.1) is 0 Å². The number of para-hydroxylation sites is 7. The molecule has 11 aromatic carbocycles. The van der Waals surface area contributed by atoms with Crippen molar-refractivity contribution in [3.63, 3.8) is 0 Å². The van der Waals surface area contributed by atoms with Crippen LogP contribution < -0.4 is 9.80 Å². The molecule has 354 valence electrons. The molecule has 0 aliphatic heterocycles. The van der Waals surface area contributed by atoms with E-state index in [0.717, 1.165) is 84.6 Å². The Bertz CT molecular complexity index is 4280. The molecule has 0 fully saturated rings. The summed E-state index contributed by atoms with van der Waals surface area (Å²) in [6.45, 7) is 2.11. The molecule has 0 atom stereocenters. The van der Waals surface area contributed by atoms with Gasteiger partial charge in [-0.05, 0) is 140 Å². The fourth-order valence-electron chi connectivity index (χ4n) is 11.1. The lowest BCUT2D eigenvalue weighted by Gasteiger charge is -2.26. The quantitative estimate of drug-likeness (QED) is 0.137. The third-order valence-corrected chi connectivity index (χ3v) is 14.6. The van der Waals surface area contributed by atoms with Crippen molar-refractivity contribution in [2.75, 3.05) is 9.80 Å². The van der Waals surface area contributed by atoms with E-state index in [0.29, 0.717) is 0 Å². The minimum Gasteiger partial charge on any atom is -0.311 e. The first-order valence-electron chi connectivity index (χ1n) is 25.5. The Balaban J connectivity index is 0.821. The Hall–Kier alpha value is -10.0. The molecule has 0 spiro atoms. The van der Waals surface area contributed by atoms with Crippen LogP contribution in [0.4, 0.5) is 34.1 Å². The number of benzene rings is 11.